The van der Waals surface area contributed by atoms with E-state index in [1.807, 2.05) is 38.2 Å². The van der Waals surface area contributed by atoms with E-state index in [1.54, 1.807) is 0 Å². The molecule has 1 rings (SSSR count). The third-order valence-electron chi connectivity index (χ3n) is 3.34. The van der Waals surface area contributed by atoms with E-state index in [0.29, 0.717) is 12.6 Å². The van der Waals surface area contributed by atoms with Gasteiger partial charge in [-0.15, -0.1) is 0 Å². The number of hydrogen-bond donors (Lipinski definition) is 1. The lowest BCUT2D eigenvalue weighted by atomic mass is 10.2. The van der Waals surface area contributed by atoms with Crippen LogP contribution in [0.15, 0.2) is 12.5 Å². The van der Waals surface area contributed by atoms with Crippen LogP contribution >= 0.6 is 0 Å². The van der Waals surface area contributed by atoms with Crippen LogP contribution < -0.4 is 5.32 Å². The summed E-state index contributed by atoms with van der Waals surface area (Å²) in [5, 5.41) is 3.28. The third-order valence-corrected chi connectivity index (χ3v) is 3.34. The molecular weight excluding hydrogens is 240 g/mol. The SMILES string of the molecule is CCN(CC)C(=O)C(C)NCc1cncn1C(C)C. The summed E-state index contributed by atoms with van der Waals surface area (Å²) in [5.41, 5.74) is 1.11. The van der Waals surface area contributed by atoms with Crippen LogP contribution in [0.25, 0.3) is 0 Å². The molecule has 1 heterocycles. The lowest BCUT2D eigenvalue weighted by Crippen LogP contribution is -2.44. The highest BCUT2D eigenvalue weighted by Crippen LogP contribution is 2.08. The summed E-state index contributed by atoms with van der Waals surface area (Å²) in [6.07, 6.45) is 3.68. The third kappa shape index (κ3) is 4.06. The highest BCUT2D eigenvalue weighted by Gasteiger charge is 2.18. The van der Waals surface area contributed by atoms with E-state index in [4.69, 9.17) is 0 Å². The molecule has 0 aromatic carbocycles. The number of carbonyl (C=O) groups excluding carboxylic acids is 1. The zero-order valence-electron chi connectivity index (χ0n) is 12.7. The van der Waals surface area contributed by atoms with Gasteiger partial charge < -0.3 is 14.8 Å². The van der Waals surface area contributed by atoms with Crippen molar-refractivity contribution in [2.75, 3.05) is 13.1 Å². The molecule has 1 N–H and O–H groups in total. The van der Waals surface area contributed by atoms with Crippen molar-refractivity contribution in [3.63, 3.8) is 0 Å². The summed E-state index contributed by atoms with van der Waals surface area (Å²) in [4.78, 5) is 18.1. The first-order chi connectivity index (χ1) is 9.01. The van der Waals surface area contributed by atoms with E-state index in [1.165, 1.54) is 0 Å². The van der Waals surface area contributed by atoms with Gasteiger partial charge in [0, 0.05) is 31.9 Å². The maximum Gasteiger partial charge on any atom is 0.239 e. The molecule has 19 heavy (non-hydrogen) atoms. The zero-order valence-corrected chi connectivity index (χ0v) is 12.7. The second-order valence-corrected chi connectivity index (χ2v) is 5.00. The van der Waals surface area contributed by atoms with Gasteiger partial charge >= 0.3 is 0 Å². The number of hydrogen-bond acceptors (Lipinski definition) is 3. The van der Waals surface area contributed by atoms with Crippen molar-refractivity contribution < 1.29 is 4.79 Å². The minimum Gasteiger partial charge on any atom is -0.342 e. The highest BCUT2D eigenvalue weighted by molar-refractivity contribution is 5.81. The predicted molar refractivity (Wildman–Crippen MR) is 76.8 cm³/mol. The fourth-order valence-electron chi connectivity index (χ4n) is 2.09. The van der Waals surface area contributed by atoms with Gasteiger partial charge in [0.05, 0.1) is 18.1 Å². The van der Waals surface area contributed by atoms with Gasteiger partial charge in [-0.05, 0) is 34.6 Å². The maximum absolute atomic E-state index is 12.1. The van der Waals surface area contributed by atoms with Crippen LogP contribution in [0.5, 0.6) is 0 Å². The smallest absolute Gasteiger partial charge is 0.239 e. The summed E-state index contributed by atoms with van der Waals surface area (Å²) >= 11 is 0. The topological polar surface area (TPSA) is 50.2 Å². The van der Waals surface area contributed by atoms with Gasteiger partial charge in [-0.25, -0.2) is 4.98 Å². The quantitative estimate of drug-likeness (QED) is 0.819. The van der Waals surface area contributed by atoms with Gasteiger partial charge in [0.25, 0.3) is 0 Å². The Kier molecular flexibility index (Phi) is 6.02. The molecule has 0 spiro atoms. The lowest BCUT2D eigenvalue weighted by Gasteiger charge is -2.23. The molecule has 108 valence electrons. The number of likely N-dealkylation sites (N-methyl/N-ethyl adjacent to an activating group) is 1. The Labute approximate surface area is 116 Å². The van der Waals surface area contributed by atoms with E-state index in [9.17, 15) is 4.79 Å². The fourth-order valence-corrected chi connectivity index (χ4v) is 2.09. The Morgan fingerprint density at radius 2 is 2.00 bits per heavy atom. The number of carbonyl (C=O) groups is 1. The number of amides is 1. The molecule has 1 amide bonds. The number of rotatable bonds is 7. The molecule has 1 atom stereocenters. The molecule has 0 bridgehead atoms. The molecule has 0 aliphatic carbocycles. The summed E-state index contributed by atoms with van der Waals surface area (Å²) in [6, 6.07) is 0.212. The summed E-state index contributed by atoms with van der Waals surface area (Å²) in [5.74, 6) is 0.153. The Hall–Kier alpha value is -1.36. The van der Waals surface area contributed by atoms with Crippen molar-refractivity contribution in [2.45, 2.75) is 53.2 Å². The molecule has 1 aromatic rings. The van der Waals surface area contributed by atoms with Crippen LogP contribution in [0.3, 0.4) is 0 Å². The van der Waals surface area contributed by atoms with Crippen molar-refractivity contribution in [3.05, 3.63) is 18.2 Å². The van der Waals surface area contributed by atoms with Crippen LogP contribution in [-0.4, -0.2) is 39.5 Å². The van der Waals surface area contributed by atoms with Crippen molar-refractivity contribution in [3.8, 4) is 0 Å². The first kappa shape index (κ1) is 15.7. The number of nitrogens with zero attached hydrogens (tertiary/aromatic N) is 3. The maximum atomic E-state index is 12.1. The molecule has 0 fully saturated rings. The highest BCUT2D eigenvalue weighted by atomic mass is 16.2. The first-order valence-electron chi connectivity index (χ1n) is 7.04. The molecular formula is C14H26N4O. The number of imidazole rings is 1. The summed E-state index contributed by atoms with van der Waals surface area (Å²) in [7, 11) is 0. The normalized spacial score (nSPS) is 12.7. The van der Waals surface area contributed by atoms with Gasteiger partial charge in [-0.1, -0.05) is 0 Å². The van der Waals surface area contributed by atoms with Crippen molar-refractivity contribution in [1.82, 2.24) is 19.8 Å². The molecule has 5 nitrogen and oxygen atoms in total. The Bertz CT molecular complexity index is 396. The first-order valence-corrected chi connectivity index (χ1v) is 7.04. The lowest BCUT2D eigenvalue weighted by molar-refractivity contribution is -0.132. The van der Waals surface area contributed by atoms with Crippen LogP contribution in [0, 0.1) is 0 Å². The average Bonchev–Trinajstić information content (AvgIpc) is 2.85. The predicted octanol–water partition coefficient (Wildman–Crippen LogP) is 1.81. The average molecular weight is 266 g/mol. The number of nitrogens with one attached hydrogen (secondary N) is 1. The van der Waals surface area contributed by atoms with Crippen molar-refractivity contribution in [1.29, 1.82) is 0 Å². The van der Waals surface area contributed by atoms with Crippen LogP contribution in [0.1, 0.15) is 46.4 Å². The van der Waals surface area contributed by atoms with E-state index < -0.39 is 0 Å². The van der Waals surface area contributed by atoms with E-state index >= 15 is 0 Å². The summed E-state index contributed by atoms with van der Waals surface area (Å²) in [6.45, 7) is 12.3. The standard InChI is InChI=1S/C14H26N4O/c1-6-17(7-2)14(19)12(5)16-9-13-8-15-10-18(13)11(3)4/h8,10-12,16H,6-7,9H2,1-5H3. The van der Waals surface area contributed by atoms with E-state index in [2.05, 4.69) is 28.7 Å². The Balaban J connectivity index is 2.56. The molecule has 0 saturated carbocycles. The fraction of sp³-hybridized carbons (Fsp3) is 0.714. The zero-order chi connectivity index (χ0) is 14.4. The van der Waals surface area contributed by atoms with Gasteiger partial charge in [-0.3, -0.25) is 4.79 Å². The van der Waals surface area contributed by atoms with E-state index in [-0.39, 0.29) is 11.9 Å². The monoisotopic (exact) mass is 266 g/mol. The van der Waals surface area contributed by atoms with Gasteiger partial charge in [0.15, 0.2) is 0 Å². The molecule has 1 aromatic heterocycles. The molecule has 5 heteroatoms. The molecule has 0 aliphatic heterocycles. The van der Waals surface area contributed by atoms with E-state index in [0.717, 1.165) is 18.8 Å². The van der Waals surface area contributed by atoms with Crippen molar-refractivity contribution in [2.24, 2.45) is 0 Å². The number of aromatic nitrogens is 2. The van der Waals surface area contributed by atoms with Crippen molar-refractivity contribution >= 4 is 5.91 Å². The molecule has 0 radical (unpaired) electrons. The minimum absolute atomic E-state index is 0.153. The second-order valence-electron chi connectivity index (χ2n) is 5.00. The van der Waals surface area contributed by atoms with Gasteiger partial charge in [0.1, 0.15) is 0 Å². The minimum atomic E-state index is -0.171. The Morgan fingerprint density at radius 1 is 1.37 bits per heavy atom. The summed E-state index contributed by atoms with van der Waals surface area (Å²) < 4.78 is 2.11. The molecule has 0 saturated heterocycles. The Morgan fingerprint density at radius 3 is 2.53 bits per heavy atom. The van der Waals surface area contributed by atoms with Crippen LogP contribution in [0.4, 0.5) is 0 Å². The second kappa shape index (κ2) is 7.28. The van der Waals surface area contributed by atoms with Gasteiger partial charge in [0.2, 0.25) is 5.91 Å². The van der Waals surface area contributed by atoms with Gasteiger partial charge in [-0.2, -0.15) is 0 Å². The molecule has 0 aliphatic rings. The molecule has 1 unspecified atom stereocenters. The largest absolute Gasteiger partial charge is 0.342 e. The van der Waals surface area contributed by atoms with Crippen LogP contribution in [0.2, 0.25) is 0 Å². The van der Waals surface area contributed by atoms with Crippen LogP contribution in [-0.2, 0) is 11.3 Å².